The van der Waals surface area contributed by atoms with Crippen LogP contribution in [0.25, 0.3) is 11.0 Å². The molecular weight excluding hydrogens is 688 g/mol. The molecule has 1 aliphatic heterocycles. The van der Waals surface area contributed by atoms with Gasteiger partial charge in [0.05, 0.1) is 43.0 Å². The summed E-state index contributed by atoms with van der Waals surface area (Å²) in [5, 5.41) is 22.3. The van der Waals surface area contributed by atoms with E-state index in [9.17, 15) is 24.5 Å². The van der Waals surface area contributed by atoms with Crippen molar-refractivity contribution in [2.24, 2.45) is 11.5 Å². The van der Waals surface area contributed by atoms with Crippen LogP contribution < -0.4 is 31.6 Å². The highest BCUT2D eigenvalue weighted by Crippen LogP contribution is 2.36. The van der Waals surface area contributed by atoms with Crippen LogP contribution in [0, 0.1) is 28.9 Å². The molecule has 0 radical (unpaired) electrons. The minimum absolute atomic E-state index is 0.0316. The Hall–Kier alpha value is -6.45. The third kappa shape index (κ3) is 9.08. The molecule has 0 unspecified atom stereocenters. The number of aryl methyl sites for hydroxylation is 2. The second kappa shape index (κ2) is 17.2. The third-order valence-electron chi connectivity index (χ3n) is 8.22. The number of hydrogen-bond acceptors (Lipinski definition) is 12. The van der Waals surface area contributed by atoms with Crippen LogP contribution in [0.3, 0.4) is 0 Å². The van der Waals surface area contributed by atoms with E-state index in [0.717, 1.165) is 19.2 Å². The molecule has 18 nitrogen and oxygen atoms in total. The molecule has 3 heterocycles. The second-order valence-corrected chi connectivity index (χ2v) is 11.8. The number of benzene rings is 2. The predicted molar refractivity (Wildman–Crippen MR) is 195 cm³/mol. The topological polar surface area (TPSA) is 237 Å². The lowest BCUT2D eigenvalue weighted by Crippen LogP contribution is -2.36. The van der Waals surface area contributed by atoms with Gasteiger partial charge >= 0.3 is 0 Å². The Kier molecular flexibility index (Phi) is 12.2. The van der Waals surface area contributed by atoms with Crippen LogP contribution in [0.15, 0.2) is 42.5 Å². The molecule has 18 heteroatoms. The van der Waals surface area contributed by atoms with E-state index in [2.05, 4.69) is 37.5 Å². The van der Waals surface area contributed by atoms with E-state index in [4.69, 9.17) is 25.7 Å². The van der Waals surface area contributed by atoms with Crippen LogP contribution in [-0.2, 0) is 17.8 Å². The number of nitro groups is 1. The number of allylic oxidation sites excluding steroid dienone is 1. The Morgan fingerprint density at radius 1 is 1.06 bits per heavy atom. The number of carbonyl (C=O) groups excluding carboxylic acids is 3. The SMILES string of the molecule is CCn1nc(C)cc1C(=O)Nc1nc2cc(C(N)=O)cc(OC)c2n1C/C=C/CNc1c(OCC#CCN2CCOCC2)cc(C(N)=O)cc1[N+](=O)[O-]. The molecule has 6 N–H and O–H groups in total. The van der Waals surface area contributed by atoms with E-state index in [1.165, 1.54) is 25.3 Å². The minimum atomic E-state index is -0.856. The van der Waals surface area contributed by atoms with Crippen molar-refractivity contribution in [2.45, 2.75) is 26.9 Å². The van der Waals surface area contributed by atoms with Gasteiger partial charge in [-0.3, -0.25) is 39.4 Å². The molecule has 0 saturated carbocycles. The van der Waals surface area contributed by atoms with Crippen molar-refractivity contribution in [3.8, 4) is 23.3 Å². The molecule has 2 aromatic heterocycles. The van der Waals surface area contributed by atoms with Crippen LogP contribution >= 0.6 is 0 Å². The summed E-state index contributed by atoms with van der Waals surface area (Å²) in [5.74, 6) is 4.43. The third-order valence-corrected chi connectivity index (χ3v) is 8.22. The summed E-state index contributed by atoms with van der Waals surface area (Å²) >= 11 is 0. The van der Waals surface area contributed by atoms with Crippen molar-refractivity contribution in [3.05, 3.63) is 75.1 Å². The van der Waals surface area contributed by atoms with Gasteiger partial charge in [0.15, 0.2) is 11.4 Å². The summed E-state index contributed by atoms with van der Waals surface area (Å²) in [7, 11) is 1.43. The van der Waals surface area contributed by atoms with Crippen molar-refractivity contribution < 1.29 is 33.5 Å². The number of carbonyl (C=O) groups is 3. The molecule has 1 fully saturated rings. The van der Waals surface area contributed by atoms with Crippen molar-refractivity contribution in [1.82, 2.24) is 24.2 Å². The summed E-state index contributed by atoms with van der Waals surface area (Å²) in [5.41, 5.74) is 12.5. The van der Waals surface area contributed by atoms with Gasteiger partial charge in [-0.2, -0.15) is 5.10 Å². The highest BCUT2D eigenvalue weighted by Gasteiger charge is 2.23. The monoisotopic (exact) mass is 728 g/mol. The molecule has 278 valence electrons. The van der Waals surface area contributed by atoms with Gasteiger partial charge in [0.1, 0.15) is 23.6 Å². The molecule has 5 rings (SSSR count). The van der Waals surface area contributed by atoms with Gasteiger partial charge in [0, 0.05) is 49.9 Å². The van der Waals surface area contributed by atoms with Gasteiger partial charge in [0.2, 0.25) is 17.8 Å². The first-order valence-corrected chi connectivity index (χ1v) is 16.6. The summed E-state index contributed by atoms with van der Waals surface area (Å²) in [6, 6.07) is 7.06. The number of nitro benzene ring substituents is 1. The normalized spacial score (nSPS) is 13.0. The Bertz CT molecular complexity index is 2120. The fourth-order valence-corrected chi connectivity index (χ4v) is 5.63. The molecule has 4 aromatic rings. The van der Waals surface area contributed by atoms with Gasteiger partial charge in [-0.1, -0.05) is 24.0 Å². The number of nitrogens with two attached hydrogens (primary N) is 2. The van der Waals surface area contributed by atoms with Crippen LogP contribution in [0.4, 0.5) is 17.3 Å². The summed E-state index contributed by atoms with van der Waals surface area (Å²) in [6.07, 6.45) is 3.45. The molecule has 53 heavy (non-hydrogen) atoms. The lowest BCUT2D eigenvalue weighted by molar-refractivity contribution is -0.384. The number of ether oxygens (including phenoxy) is 3. The van der Waals surface area contributed by atoms with Crippen LogP contribution in [-0.4, -0.2) is 100.0 Å². The van der Waals surface area contributed by atoms with E-state index in [1.807, 2.05) is 6.92 Å². The van der Waals surface area contributed by atoms with E-state index in [0.29, 0.717) is 54.5 Å². The molecule has 2 aromatic carbocycles. The number of nitrogens with one attached hydrogen (secondary N) is 2. The highest BCUT2D eigenvalue weighted by molar-refractivity contribution is 6.04. The zero-order chi connectivity index (χ0) is 38.1. The van der Waals surface area contributed by atoms with Gasteiger partial charge < -0.3 is 35.6 Å². The van der Waals surface area contributed by atoms with E-state index in [1.54, 1.807) is 34.4 Å². The highest BCUT2D eigenvalue weighted by atomic mass is 16.6. The first-order valence-electron chi connectivity index (χ1n) is 16.6. The van der Waals surface area contributed by atoms with Crippen molar-refractivity contribution in [2.75, 3.05) is 63.7 Å². The number of methoxy groups -OCH3 is 1. The molecule has 0 bridgehead atoms. The van der Waals surface area contributed by atoms with Gasteiger partial charge in [0.25, 0.3) is 11.6 Å². The molecular formula is C35H40N10O8. The summed E-state index contributed by atoms with van der Waals surface area (Å²) in [4.78, 5) is 55.6. The largest absolute Gasteiger partial charge is 0.494 e. The summed E-state index contributed by atoms with van der Waals surface area (Å²) < 4.78 is 20.0. The molecule has 1 saturated heterocycles. The first-order chi connectivity index (χ1) is 25.5. The number of anilines is 2. The zero-order valence-corrected chi connectivity index (χ0v) is 29.5. The lowest BCUT2D eigenvalue weighted by atomic mass is 10.1. The van der Waals surface area contributed by atoms with E-state index >= 15 is 0 Å². The Balaban J connectivity index is 1.39. The minimum Gasteiger partial charge on any atom is -0.494 e. The average Bonchev–Trinajstić information content (AvgIpc) is 3.70. The second-order valence-electron chi connectivity index (χ2n) is 11.8. The van der Waals surface area contributed by atoms with Gasteiger partial charge in [-0.15, -0.1) is 0 Å². The summed E-state index contributed by atoms with van der Waals surface area (Å²) in [6.45, 7) is 7.60. The van der Waals surface area contributed by atoms with Crippen LogP contribution in [0.2, 0.25) is 0 Å². The molecule has 0 aliphatic carbocycles. The van der Waals surface area contributed by atoms with Crippen LogP contribution in [0.5, 0.6) is 11.5 Å². The Morgan fingerprint density at radius 3 is 2.45 bits per heavy atom. The van der Waals surface area contributed by atoms with Crippen molar-refractivity contribution in [3.63, 3.8) is 0 Å². The average molecular weight is 729 g/mol. The number of amides is 3. The maximum absolute atomic E-state index is 13.4. The fourth-order valence-electron chi connectivity index (χ4n) is 5.63. The maximum atomic E-state index is 13.4. The Morgan fingerprint density at radius 2 is 1.77 bits per heavy atom. The fraction of sp³-hybridized carbons (Fsp3) is 0.343. The molecule has 0 spiro atoms. The number of primary amides is 2. The van der Waals surface area contributed by atoms with Crippen LogP contribution in [0.1, 0.15) is 43.8 Å². The number of morpholine rings is 1. The quantitative estimate of drug-likeness (QED) is 0.0597. The molecule has 0 atom stereocenters. The first kappa shape index (κ1) is 37.8. The van der Waals surface area contributed by atoms with E-state index in [-0.39, 0.29) is 48.2 Å². The van der Waals surface area contributed by atoms with Gasteiger partial charge in [-0.25, -0.2) is 4.98 Å². The van der Waals surface area contributed by atoms with Crippen molar-refractivity contribution in [1.29, 1.82) is 0 Å². The lowest BCUT2D eigenvalue weighted by Gasteiger charge is -2.24. The molecule has 1 aliphatic rings. The number of imidazole rings is 1. The number of rotatable bonds is 15. The zero-order valence-electron chi connectivity index (χ0n) is 29.5. The maximum Gasteiger partial charge on any atom is 0.296 e. The number of nitrogens with zero attached hydrogens (tertiary/aromatic N) is 6. The van der Waals surface area contributed by atoms with E-state index < -0.39 is 28.3 Å². The van der Waals surface area contributed by atoms with Gasteiger partial charge in [-0.05, 0) is 38.1 Å². The predicted octanol–water partition coefficient (Wildman–Crippen LogP) is 2.31. The van der Waals surface area contributed by atoms with Crippen molar-refractivity contribution >= 4 is 46.1 Å². The molecule has 3 amide bonds. The number of aromatic nitrogens is 4. The number of fused-ring (bicyclic) bond motifs is 1. The standard InChI is InChI=1S/C35H40N10O8/c1-4-44-27(17-22(2)41-44)34(48)40-35-39-25-18-23(32(36)46)21-29(51-3)31(25)43(35)11-6-5-9-38-30-26(45(49)50)19-24(33(37)47)20-28(30)53-14-8-7-10-42-12-15-52-16-13-42/h5-6,17-21,38H,4,9-16H2,1-3H3,(H2,36,46)(H2,37,47)(H,39,40,48)/b6-5+. The smallest absolute Gasteiger partial charge is 0.296 e. The number of hydrogen-bond donors (Lipinski definition) is 4. The Labute approximate surface area is 304 Å².